The molecule has 2 heterocycles. The fourth-order valence-corrected chi connectivity index (χ4v) is 3.75. The van der Waals surface area contributed by atoms with Crippen LogP contribution in [-0.2, 0) is 10.0 Å². The van der Waals surface area contributed by atoms with Crippen LogP contribution < -0.4 is 4.31 Å². The minimum Gasteiger partial charge on any atom is -0.293 e. The van der Waals surface area contributed by atoms with E-state index in [4.69, 9.17) is 23.2 Å². The summed E-state index contributed by atoms with van der Waals surface area (Å²) in [6, 6.07) is 4.74. The van der Waals surface area contributed by atoms with Gasteiger partial charge in [-0.3, -0.25) is 9.10 Å². The van der Waals surface area contributed by atoms with E-state index in [0.29, 0.717) is 15.7 Å². The molecule has 0 atom stereocenters. The van der Waals surface area contributed by atoms with E-state index in [1.54, 1.807) is 12.1 Å². The Hall–Kier alpha value is -1.57. The summed E-state index contributed by atoms with van der Waals surface area (Å²) in [7, 11) is -2.31. The van der Waals surface area contributed by atoms with E-state index in [-0.39, 0.29) is 11.4 Å². The maximum Gasteiger partial charge on any atom is 0.243 e. The average molecular weight is 346 g/mol. The number of rotatable bonds is 1. The quantitative estimate of drug-likeness (QED) is 0.793. The monoisotopic (exact) mass is 345 g/mol. The van der Waals surface area contributed by atoms with Crippen molar-refractivity contribution in [3.63, 3.8) is 0 Å². The predicted octanol–water partition coefficient (Wildman–Crippen LogP) is 2.14. The molecule has 2 aromatic rings. The fraction of sp³-hybridized carbons (Fsp3) is 0.167. The number of sulfonamides is 1. The molecule has 110 valence electrons. The molecular formula is C12H9Cl2N3O3S. The number of aromatic nitrogens is 2. The Kier molecular flexibility index (Phi) is 3.23. The molecule has 0 bridgehead atoms. The predicted molar refractivity (Wildman–Crippen MR) is 80.1 cm³/mol. The Labute approximate surface area is 130 Å². The van der Waals surface area contributed by atoms with E-state index in [1.165, 1.54) is 24.0 Å². The van der Waals surface area contributed by atoms with Crippen LogP contribution in [0.2, 0.25) is 10.0 Å². The van der Waals surface area contributed by atoms with Crippen molar-refractivity contribution in [1.29, 1.82) is 0 Å². The molecule has 0 amide bonds. The zero-order chi connectivity index (χ0) is 15.4. The summed E-state index contributed by atoms with van der Waals surface area (Å²) < 4.78 is 26.3. The molecule has 1 aromatic heterocycles. The van der Waals surface area contributed by atoms with Crippen LogP contribution in [0.25, 0.3) is 5.69 Å². The SMILES string of the molecule is CN1c2c(cnn2-c2ccc(Cl)cc2Cl)C(=O)CS1(=O)=O. The van der Waals surface area contributed by atoms with Crippen molar-refractivity contribution >= 4 is 44.8 Å². The molecule has 1 aliphatic heterocycles. The van der Waals surface area contributed by atoms with Gasteiger partial charge in [-0.15, -0.1) is 0 Å². The number of carbonyl (C=O) groups excluding carboxylic acids is 1. The number of fused-ring (bicyclic) bond motifs is 1. The average Bonchev–Trinajstić information content (AvgIpc) is 2.80. The van der Waals surface area contributed by atoms with Gasteiger partial charge in [-0.2, -0.15) is 5.10 Å². The van der Waals surface area contributed by atoms with Crippen LogP contribution in [-0.4, -0.2) is 36.8 Å². The van der Waals surface area contributed by atoms with Crippen LogP contribution in [0, 0.1) is 0 Å². The Balaban J connectivity index is 2.27. The van der Waals surface area contributed by atoms with Crippen molar-refractivity contribution in [2.45, 2.75) is 0 Å². The molecule has 0 radical (unpaired) electrons. The summed E-state index contributed by atoms with van der Waals surface area (Å²) in [4.78, 5) is 11.9. The molecule has 1 aliphatic rings. The van der Waals surface area contributed by atoms with E-state index < -0.39 is 21.6 Å². The Morgan fingerprint density at radius 2 is 2.00 bits per heavy atom. The number of hydrogen-bond acceptors (Lipinski definition) is 4. The van der Waals surface area contributed by atoms with E-state index in [2.05, 4.69) is 5.10 Å². The molecule has 0 fully saturated rings. The van der Waals surface area contributed by atoms with E-state index in [1.807, 2.05) is 0 Å². The number of halogens is 2. The maximum atomic E-state index is 12.0. The van der Waals surface area contributed by atoms with E-state index >= 15 is 0 Å². The zero-order valence-corrected chi connectivity index (χ0v) is 13.1. The Bertz CT molecular complexity index is 861. The largest absolute Gasteiger partial charge is 0.293 e. The van der Waals surface area contributed by atoms with E-state index in [0.717, 1.165) is 4.31 Å². The summed E-state index contributed by atoms with van der Waals surface area (Å²) in [6.45, 7) is 0. The van der Waals surface area contributed by atoms with Crippen LogP contribution in [0.4, 0.5) is 5.82 Å². The third-order valence-corrected chi connectivity index (χ3v) is 5.38. The Morgan fingerprint density at radius 1 is 1.29 bits per heavy atom. The highest BCUT2D eigenvalue weighted by Crippen LogP contribution is 2.33. The number of hydrogen-bond donors (Lipinski definition) is 0. The van der Waals surface area contributed by atoms with Crippen molar-refractivity contribution in [3.05, 3.63) is 40.0 Å². The second kappa shape index (κ2) is 4.72. The van der Waals surface area contributed by atoms with Gasteiger partial charge < -0.3 is 0 Å². The minimum atomic E-state index is -3.69. The zero-order valence-electron chi connectivity index (χ0n) is 10.7. The van der Waals surface area contributed by atoms with Crippen molar-refractivity contribution in [2.24, 2.45) is 0 Å². The molecule has 1 aromatic carbocycles. The third kappa shape index (κ3) is 2.21. The van der Waals surface area contributed by atoms with Gasteiger partial charge >= 0.3 is 0 Å². The maximum absolute atomic E-state index is 12.0. The molecule has 9 heteroatoms. The molecule has 0 spiro atoms. The van der Waals surface area contributed by atoms with Gasteiger partial charge in [0.1, 0.15) is 5.75 Å². The normalized spacial score (nSPS) is 16.9. The highest BCUT2D eigenvalue weighted by Gasteiger charge is 2.36. The number of anilines is 1. The van der Waals surface area contributed by atoms with Crippen LogP contribution in [0.5, 0.6) is 0 Å². The van der Waals surface area contributed by atoms with Gasteiger partial charge in [0.25, 0.3) is 0 Å². The highest BCUT2D eigenvalue weighted by atomic mass is 35.5. The van der Waals surface area contributed by atoms with Crippen molar-refractivity contribution in [2.75, 3.05) is 17.1 Å². The lowest BCUT2D eigenvalue weighted by Gasteiger charge is -2.25. The van der Waals surface area contributed by atoms with Gasteiger partial charge in [0, 0.05) is 12.1 Å². The van der Waals surface area contributed by atoms with Gasteiger partial charge in [0.2, 0.25) is 10.0 Å². The standard InChI is InChI=1S/C12H9Cl2N3O3S/c1-16-12-8(11(18)6-21(16,19)20)5-15-17(12)10-3-2-7(13)4-9(10)14/h2-5H,6H2,1H3. The number of benzene rings is 1. The molecule has 21 heavy (non-hydrogen) atoms. The number of nitrogens with zero attached hydrogens (tertiary/aromatic N) is 3. The first kappa shape index (κ1) is 14.4. The molecule has 3 rings (SSSR count). The first-order valence-electron chi connectivity index (χ1n) is 5.84. The van der Waals surface area contributed by atoms with Gasteiger partial charge in [-0.25, -0.2) is 13.1 Å². The molecule has 0 aliphatic carbocycles. The number of carbonyl (C=O) groups is 1. The summed E-state index contributed by atoms with van der Waals surface area (Å²) in [5.74, 6) is -0.869. The van der Waals surface area contributed by atoms with Gasteiger partial charge in [0.05, 0.1) is 22.5 Å². The highest BCUT2D eigenvalue weighted by molar-refractivity contribution is 7.93. The summed E-state index contributed by atoms with van der Waals surface area (Å²) >= 11 is 12.0. The fourth-order valence-electron chi connectivity index (χ4n) is 2.14. The van der Waals surface area contributed by atoms with Crippen LogP contribution in [0.1, 0.15) is 10.4 Å². The van der Waals surface area contributed by atoms with Crippen LogP contribution in [0.3, 0.4) is 0 Å². The third-order valence-electron chi connectivity index (χ3n) is 3.21. The molecule has 0 saturated heterocycles. The van der Waals surface area contributed by atoms with Crippen LogP contribution >= 0.6 is 23.2 Å². The van der Waals surface area contributed by atoms with Crippen molar-refractivity contribution in [3.8, 4) is 5.69 Å². The lowest BCUT2D eigenvalue weighted by Crippen LogP contribution is -2.38. The number of Topliss-reactive ketones (excluding diaryl/α,β-unsaturated/α-hetero) is 1. The van der Waals surface area contributed by atoms with Crippen LogP contribution in [0.15, 0.2) is 24.4 Å². The smallest absolute Gasteiger partial charge is 0.243 e. The Morgan fingerprint density at radius 3 is 2.67 bits per heavy atom. The first-order valence-corrected chi connectivity index (χ1v) is 8.21. The molecule has 0 N–H and O–H groups in total. The van der Waals surface area contributed by atoms with Crippen molar-refractivity contribution in [1.82, 2.24) is 9.78 Å². The van der Waals surface area contributed by atoms with E-state index in [9.17, 15) is 13.2 Å². The summed E-state index contributed by atoms with van der Waals surface area (Å²) in [6.07, 6.45) is 1.34. The lowest BCUT2D eigenvalue weighted by molar-refractivity contribution is 0.102. The van der Waals surface area contributed by atoms with Crippen molar-refractivity contribution < 1.29 is 13.2 Å². The molecular weight excluding hydrogens is 337 g/mol. The summed E-state index contributed by atoms with van der Waals surface area (Å²) in [5, 5.41) is 4.84. The van der Waals surface area contributed by atoms with Gasteiger partial charge in [-0.05, 0) is 18.2 Å². The minimum absolute atomic E-state index is 0.176. The molecule has 0 unspecified atom stereocenters. The van der Waals surface area contributed by atoms with Gasteiger partial charge in [0.15, 0.2) is 11.6 Å². The summed E-state index contributed by atoms with van der Waals surface area (Å²) in [5.41, 5.74) is 0.692. The lowest BCUT2D eigenvalue weighted by atomic mass is 10.2. The second-order valence-corrected chi connectivity index (χ2v) is 7.38. The molecule has 0 saturated carbocycles. The second-order valence-electron chi connectivity index (χ2n) is 4.54. The topological polar surface area (TPSA) is 72.3 Å². The molecule has 6 nitrogen and oxygen atoms in total. The first-order chi connectivity index (χ1) is 9.81. The van der Waals surface area contributed by atoms with Gasteiger partial charge in [-0.1, -0.05) is 23.2 Å². The number of ketones is 1.